The van der Waals surface area contributed by atoms with E-state index < -0.39 is 17.8 Å². The van der Waals surface area contributed by atoms with Crippen LogP contribution in [0.3, 0.4) is 0 Å². The van der Waals surface area contributed by atoms with Crippen molar-refractivity contribution in [2.45, 2.75) is 31.7 Å². The summed E-state index contributed by atoms with van der Waals surface area (Å²) in [4.78, 5) is 43.9. The van der Waals surface area contributed by atoms with E-state index >= 15 is 0 Å². The molecular formula is C19H24N4O3. The van der Waals surface area contributed by atoms with Crippen molar-refractivity contribution < 1.29 is 14.4 Å². The van der Waals surface area contributed by atoms with Crippen molar-refractivity contribution in [1.29, 1.82) is 0 Å². The van der Waals surface area contributed by atoms with Gasteiger partial charge in [-0.15, -0.1) is 0 Å². The lowest BCUT2D eigenvalue weighted by Crippen LogP contribution is -2.51. The summed E-state index contributed by atoms with van der Waals surface area (Å²) < 4.78 is 0. The summed E-state index contributed by atoms with van der Waals surface area (Å²) in [5, 5.41) is 0. The first-order valence-corrected chi connectivity index (χ1v) is 9.36. The van der Waals surface area contributed by atoms with Crippen LogP contribution >= 0.6 is 0 Å². The van der Waals surface area contributed by atoms with Crippen molar-refractivity contribution in [3.05, 3.63) is 30.3 Å². The molecule has 0 atom stereocenters. The van der Waals surface area contributed by atoms with Crippen LogP contribution in [0.25, 0.3) is 0 Å². The molecule has 26 heavy (non-hydrogen) atoms. The second kappa shape index (κ2) is 7.07. The normalized spacial score (nSPS) is 22.8. The molecule has 7 heteroatoms. The molecule has 2 saturated heterocycles. The number of hydrogen-bond donors (Lipinski definition) is 0. The maximum absolute atomic E-state index is 12.6. The lowest BCUT2D eigenvalue weighted by Gasteiger charge is -2.37. The van der Waals surface area contributed by atoms with Gasteiger partial charge < -0.3 is 4.90 Å². The third-order valence-corrected chi connectivity index (χ3v) is 5.61. The lowest BCUT2D eigenvalue weighted by molar-refractivity contribution is -0.144. The quantitative estimate of drug-likeness (QED) is 0.604. The van der Waals surface area contributed by atoms with Crippen LogP contribution in [0.2, 0.25) is 0 Å². The van der Waals surface area contributed by atoms with E-state index in [1.165, 1.54) is 10.6 Å². The number of nitrogens with zero attached hydrogens (tertiary/aromatic N) is 4. The van der Waals surface area contributed by atoms with E-state index in [-0.39, 0.29) is 12.7 Å². The van der Waals surface area contributed by atoms with Crippen molar-refractivity contribution in [2.24, 2.45) is 0 Å². The second-order valence-electron chi connectivity index (χ2n) is 7.21. The number of piperazine rings is 1. The van der Waals surface area contributed by atoms with Gasteiger partial charge in [0.15, 0.2) is 0 Å². The molecule has 1 saturated carbocycles. The highest BCUT2D eigenvalue weighted by molar-refractivity contribution is 6.44. The van der Waals surface area contributed by atoms with Gasteiger partial charge in [-0.2, -0.15) is 0 Å². The predicted octanol–water partition coefficient (Wildman–Crippen LogP) is 1.50. The van der Waals surface area contributed by atoms with Crippen molar-refractivity contribution in [3.63, 3.8) is 0 Å². The number of anilines is 1. The number of carbonyl (C=O) groups excluding carboxylic acids is 3. The zero-order chi connectivity index (χ0) is 18.1. The van der Waals surface area contributed by atoms with Crippen LogP contribution in [0.15, 0.2) is 30.3 Å². The molecule has 0 bridgehead atoms. The summed E-state index contributed by atoms with van der Waals surface area (Å²) in [7, 11) is 0. The molecule has 1 aromatic rings. The fourth-order valence-corrected chi connectivity index (χ4v) is 4.12. The van der Waals surface area contributed by atoms with Gasteiger partial charge in [-0.1, -0.05) is 31.0 Å². The zero-order valence-corrected chi connectivity index (χ0v) is 14.8. The minimum atomic E-state index is -0.674. The molecule has 0 aromatic heterocycles. The molecule has 2 aliphatic heterocycles. The van der Waals surface area contributed by atoms with Crippen LogP contribution in [0.5, 0.6) is 0 Å². The Labute approximate surface area is 153 Å². The van der Waals surface area contributed by atoms with E-state index in [2.05, 4.69) is 21.9 Å². The molecule has 0 unspecified atom stereocenters. The Morgan fingerprint density at radius 2 is 1.50 bits per heavy atom. The monoisotopic (exact) mass is 356 g/mol. The summed E-state index contributed by atoms with van der Waals surface area (Å²) in [5.41, 5.74) is 1.18. The maximum Gasteiger partial charge on any atom is 0.335 e. The summed E-state index contributed by atoms with van der Waals surface area (Å²) in [5.74, 6) is -1.32. The van der Waals surface area contributed by atoms with Gasteiger partial charge in [0, 0.05) is 37.9 Å². The molecule has 1 aromatic carbocycles. The fourth-order valence-electron chi connectivity index (χ4n) is 4.12. The molecule has 4 amide bonds. The fraction of sp³-hybridized carbons (Fsp3) is 0.526. The molecule has 4 rings (SSSR count). The number of amides is 4. The predicted molar refractivity (Wildman–Crippen MR) is 96.4 cm³/mol. The topological polar surface area (TPSA) is 64.2 Å². The van der Waals surface area contributed by atoms with Gasteiger partial charge in [0.2, 0.25) is 0 Å². The Bertz CT molecular complexity index is 694. The second-order valence-corrected chi connectivity index (χ2v) is 7.21. The molecule has 3 fully saturated rings. The maximum atomic E-state index is 12.6. The molecule has 0 radical (unpaired) electrons. The minimum absolute atomic E-state index is 0.0983. The van der Waals surface area contributed by atoms with Gasteiger partial charge in [0.25, 0.3) is 0 Å². The Morgan fingerprint density at radius 3 is 2.15 bits per heavy atom. The number of carbonyl (C=O) groups is 3. The van der Waals surface area contributed by atoms with Gasteiger partial charge in [0.05, 0.1) is 6.67 Å². The van der Waals surface area contributed by atoms with Gasteiger partial charge in [-0.05, 0) is 25.0 Å². The zero-order valence-electron chi connectivity index (χ0n) is 14.8. The molecular weight excluding hydrogens is 332 g/mol. The number of hydrogen-bond acceptors (Lipinski definition) is 5. The van der Waals surface area contributed by atoms with Crippen molar-refractivity contribution in [1.82, 2.24) is 14.7 Å². The van der Waals surface area contributed by atoms with E-state index in [4.69, 9.17) is 0 Å². The van der Waals surface area contributed by atoms with E-state index in [0.29, 0.717) is 0 Å². The van der Waals surface area contributed by atoms with E-state index in [1.807, 2.05) is 18.2 Å². The molecule has 1 aliphatic carbocycles. The number of rotatable bonds is 4. The average Bonchev–Trinajstić information content (AvgIpc) is 3.27. The Hall–Kier alpha value is -2.41. The van der Waals surface area contributed by atoms with Crippen LogP contribution in [0, 0.1) is 0 Å². The van der Waals surface area contributed by atoms with Crippen LogP contribution in [0.1, 0.15) is 25.7 Å². The summed E-state index contributed by atoms with van der Waals surface area (Å²) in [6.07, 6.45) is 3.65. The van der Waals surface area contributed by atoms with Gasteiger partial charge >= 0.3 is 17.8 Å². The largest absolute Gasteiger partial charge is 0.369 e. The summed E-state index contributed by atoms with van der Waals surface area (Å²) >= 11 is 0. The molecule has 2 heterocycles. The highest BCUT2D eigenvalue weighted by atomic mass is 16.2. The Balaban J connectivity index is 1.36. The smallest absolute Gasteiger partial charge is 0.335 e. The van der Waals surface area contributed by atoms with Crippen molar-refractivity contribution >= 4 is 23.5 Å². The number of benzene rings is 1. The highest BCUT2D eigenvalue weighted by Gasteiger charge is 2.48. The lowest BCUT2D eigenvalue weighted by atomic mass is 10.2. The van der Waals surface area contributed by atoms with Crippen LogP contribution in [0.4, 0.5) is 10.5 Å². The molecule has 3 aliphatic rings. The Kier molecular flexibility index (Phi) is 4.63. The Morgan fingerprint density at radius 1 is 0.846 bits per heavy atom. The van der Waals surface area contributed by atoms with Gasteiger partial charge in [0.1, 0.15) is 0 Å². The third kappa shape index (κ3) is 3.07. The molecule has 7 nitrogen and oxygen atoms in total. The van der Waals surface area contributed by atoms with Gasteiger partial charge in [-0.3, -0.25) is 19.4 Å². The van der Waals surface area contributed by atoms with Crippen LogP contribution in [-0.4, -0.2) is 71.4 Å². The standard InChI is InChI=1S/C19H24N4O3/c24-17-18(25)23(16-8-4-5-9-16)19(26)22(17)14-20-10-12-21(13-11-20)15-6-2-1-3-7-15/h1-3,6-7,16H,4-5,8-14H2. The number of para-hydroxylation sites is 1. The molecule has 0 N–H and O–H groups in total. The van der Waals surface area contributed by atoms with Crippen molar-refractivity contribution in [2.75, 3.05) is 37.7 Å². The number of imide groups is 2. The van der Waals surface area contributed by atoms with E-state index in [0.717, 1.165) is 56.8 Å². The molecule has 138 valence electrons. The summed E-state index contributed by atoms with van der Waals surface area (Å²) in [6, 6.07) is 9.68. The first-order valence-electron chi connectivity index (χ1n) is 9.36. The SMILES string of the molecule is O=C1C(=O)N(C2CCCC2)C(=O)N1CN1CCN(c2ccccc2)CC1. The van der Waals surface area contributed by atoms with Crippen LogP contribution in [-0.2, 0) is 9.59 Å². The highest BCUT2D eigenvalue weighted by Crippen LogP contribution is 2.28. The van der Waals surface area contributed by atoms with Crippen LogP contribution < -0.4 is 4.90 Å². The molecule has 0 spiro atoms. The van der Waals surface area contributed by atoms with Gasteiger partial charge in [-0.25, -0.2) is 9.69 Å². The number of urea groups is 1. The van der Waals surface area contributed by atoms with E-state index in [1.54, 1.807) is 0 Å². The van der Waals surface area contributed by atoms with E-state index in [9.17, 15) is 14.4 Å². The summed E-state index contributed by atoms with van der Waals surface area (Å²) in [6.45, 7) is 3.38. The first-order chi connectivity index (χ1) is 12.6. The minimum Gasteiger partial charge on any atom is -0.369 e. The first kappa shape index (κ1) is 17.0. The van der Waals surface area contributed by atoms with Crippen molar-refractivity contribution in [3.8, 4) is 0 Å². The third-order valence-electron chi connectivity index (χ3n) is 5.61. The average molecular weight is 356 g/mol.